The van der Waals surface area contributed by atoms with Crippen molar-refractivity contribution in [3.63, 3.8) is 0 Å². The van der Waals surface area contributed by atoms with E-state index in [1.807, 2.05) is 0 Å². The van der Waals surface area contributed by atoms with Gasteiger partial charge in [0.2, 0.25) is 5.91 Å². The Morgan fingerprint density at radius 2 is 1.89 bits per heavy atom. The second-order valence-electron chi connectivity index (χ2n) is 3.62. The van der Waals surface area contributed by atoms with Crippen LogP contribution in [0.2, 0.25) is 0 Å². The van der Waals surface area contributed by atoms with Crippen LogP contribution in [0.4, 0.5) is 4.79 Å². The zero-order chi connectivity index (χ0) is 14.8. The van der Waals surface area contributed by atoms with E-state index in [2.05, 4.69) is 15.4 Å². The normalized spacial score (nSPS) is 11.2. The summed E-state index contributed by atoms with van der Waals surface area (Å²) >= 11 is 0. The lowest BCUT2D eigenvalue weighted by molar-refractivity contribution is -0.142. The van der Waals surface area contributed by atoms with Crippen molar-refractivity contribution in [3.05, 3.63) is 0 Å². The van der Waals surface area contributed by atoms with Crippen LogP contribution < -0.4 is 16.4 Å². The standard InChI is InChI=1S/C10H17N3O6/c1-19-8(15)3-2-6(9(16)17)13-10(18)12-5-4-7(11)14/h6H,2-5H2,1H3,(H2,11,14)(H,16,17)(H2,12,13,18)/t6-/m1/s1. The first-order valence-corrected chi connectivity index (χ1v) is 5.49. The van der Waals surface area contributed by atoms with Gasteiger partial charge in [-0.3, -0.25) is 9.59 Å². The lowest BCUT2D eigenvalue weighted by Crippen LogP contribution is -2.46. The van der Waals surface area contributed by atoms with Crippen LogP contribution in [0, 0.1) is 0 Å². The quantitative estimate of drug-likeness (QED) is 0.399. The SMILES string of the molecule is COC(=O)CC[C@@H](NC(=O)NCCC(N)=O)C(=O)O. The van der Waals surface area contributed by atoms with Gasteiger partial charge in [0.15, 0.2) is 0 Å². The van der Waals surface area contributed by atoms with Gasteiger partial charge in [0, 0.05) is 19.4 Å². The van der Waals surface area contributed by atoms with Crippen molar-refractivity contribution in [2.24, 2.45) is 5.73 Å². The molecule has 0 aromatic carbocycles. The van der Waals surface area contributed by atoms with Gasteiger partial charge in [-0.1, -0.05) is 0 Å². The van der Waals surface area contributed by atoms with Crippen molar-refractivity contribution < 1.29 is 29.0 Å². The minimum Gasteiger partial charge on any atom is -0.480 e. The fourth-order valence-electron chi connectivity index (χ4n) is 1.13. The Hall–Kier alpha value is -2.32. The number of nitrogens with two attached hydrogens (primary N) is 1. The third-order valence-corrected chi connectivity index (χ3v) is 2.13. The molecule has 0 aliphatic carbocycles. The molecular formula is C10H17N3O6. The van der Waals surface area contributed by atoms with Gasteiger partial charge in [-0.05, 0) is 6.42 Å². The molecule has 0 saturated heterocycles. The molecule has 0 aliphatic heterocycles. The number of aliphatic carboxylic acids is 1. The van der Waals surface area contributed by atoms with E-state index < -0.39 is 29.9 Å². The number of esters is 1. The summed E-state index contributed by atoms with van der Waals surface area (Å²) < 4.78 is 4.37. The van der Waals surface area contributed by atoms with E-state index in [9.17, 15) is 19.2 Å². The van der Waals surface area contributed by atoms with Gasteiger partial charge in [0.05, 0.1) is 7.11 Å². The highest BCUT2D eigenvalue weighted by atomic mass is 16.5. The predicted octanol–water partition coefficient (Wildman–Crippen LogP) is -1.43. The van der Waals surface area contributed by atoms with Crippen molar-refractivity contribution in [2.75, 3.05) is 13.7 Å². The molecule has 3 amide bonds. The number of hydrogen-bond acceptors (Lipinski definition) is 5. The highest BCUT2D eigenvalue weighted by Gasteiger charge is 2.20. The topological polar surface area (TPSA) is 148 Å². The van der Waals surface area contributed by atoms with E-state index in [0.29, 0.717) is 0 Å². The van der Waals surface area contributed by atoms with E-state index in [1.54, 1.807) is 0 Å². The molecule has 1 atom stereocenters. The van der Waals surface area contributed by atoms with Crippen LogP contribution in [0.25, 0.3) is 0 Å². The van der Waals surface area contributed by atoms with Crippen LogP contribution in [0.1, 0.15) is 19.3 Å². The Morgan fingerprint density at radius 3 is 2.37 bits per heavy atom. The Morgan fingerprint density at radius 1 is 1.26 bits per heavy atom. The molecule has 0 unspecified atom stereocenters. The lowest BCUT2D eigenvalue weighted by Gasteiger charge is -2.14. The molecule has 0 fully saturated rings. The Bertz CT molecular complexity index is 357. The van der Waals surface area contributed by atoms with Crippen molar-refractivity contribution in [3.8, 4) is 0 Å². The number of hydrogen-bond donors (Lipinski definition) is 4. The smallest absolute Gasteiger partial charge is 0.326 e. The maximum atomic E-state index is 11.3. The number of methoxy groups -OCH3 is 1. The fourth-order valence-corrected chi connectivity index (χ4v) is 1.13. The summed E-state index contributed by atoms with van der Waals surface area (Å²) in [5, 5.41) is 13.3. The van der Waals surface area contributed by atoms with Crippen molar-refractivity contribution >= 4 is 23.9 Å². The Balaban J connectivity index is 4.12. The van der Waals surface area contributed by atoms with Gasteiger partial charge in [-0.2, -0.15) is 0 Å². The number of rotatable bonds is 8. The molecule has 19 heavy (non-hydrogen) atoms. The van der Waals surface area contributed by atoms with Crippen LogP contribution >= 0.6 is 0 Å². The molecule has 0 spiro atoms. The number of primary amides is 1. The Labute approximate surface area is 109 Å². The molecule has 9 heteroatoms. The highest BCUT2D eigenvalue weighted by Crippen LogP contribution is 1.99. The van der Waals surface area contributed by atoms with Crippen molar-refractivity contribution in [1.82, 2.24) is 10.6 Å². The van der Waals surface area contributed by atoms with Gasteiger partial charge >= 0.3 is 18.0 Å². The maximum Gasteiger partial charge on any atom is 0.326 e. The molecule has 9 nitrogen and oxygen atoms in total. The summed E-state index contributed by atoms with van der Waals surface area (Å²) in [6, 6.07) is -1.97. The summed E-state index contributed by atoms with van der Waals surface area (Å²) in [6.45, 7) is 0.00447. The van der Waals surface area contributed by atoms with Crippen LogP contribution in [0.3, 0.4) is 0 Å². The maximum absolute atomic E-state index is 11.3. The van der Waals surface area contributed by atoms with Crippen LogP contribution in [0.15, 0.2) is 0 Å². The van der Waals surface area contributed by atoms with Gasteiger partial charge in [-0.15, -0.1) is 0 Å². The average Bonchev–Trinajstić information content (AvgIpc) is 2.33. The molecule has 0 bridgehead atoms. The molecular weight excluding hydrogens is 258 g/mol. The summed E-state index contributed by atoms with van der Waals surface area (Å²) in [5.74, 6) is -2.42. The first kappa shape index (κ1) is 16.7. The van der Waals surface area contributed by atoms with Gasteiger partial charge in [-0.25, -0.2) is 9.59 Å². The van der Waals surface area contributed by atoms with E-state index in [-0.39, 0.29) is 25.8 Å². The average molecular weight is 275 g/mol. The van der Waals surface area contributed by atoms with E-state index >= 15 is 0 Å². The molecule has 0 rings (SSSR count). The Kier molecular flexibility index (Phi) is 7.66. The number of carboxylic acids is 1. The van der Waals surface area contributed by atoms with Crippen LogP contribution in [-0.4, -0.2) is 48.7 Å². The minimum absolute atomic E-state index is 0.00447. The first-order chi connectivity index (χ1) is 8.86. The van der Waals surface area contributed by atoms with Crippen LogP contribution in [-0.2, 0) is 19.1 Å². The van der Waals surface area contributed by atoms with Crippen LogP contribution in [0.5, 0.6) is 0 Å². The van der Waals surface area contributed by atoms with Crippen molar-refractivity contribution in [1.29, 1.82) is 0 Å². The summed E-state index contributed by atoms with van der Waals surface area (Å²) in [7, 11) is 1.18. The molecule has 0 saturated carbocycles. The monoisotopic (exact) mass is 275 g/mol. The van der Waals surface area contributed by atoms with Gasteiger partial charge in [0.25, 0.3) is 0 Å². The second kappa shape index (κ2) is 8.72. The zero-order valence-electron chi connectivity index (χ0n) is 10.5. The number of urea groups is 1. The largest absolute Gasteiger partial charge is 0.480 e. The van der Waals surface area contributed by atoms with Gasteiger partial charge < -0.3 is 26.2 Å². The molecule has 0 aliphatic rings. The van der Waals surface area contributed by atoms with Crippen molar-refractivity contribution in [2.45, 2.75) is 25.3 Å². The van der Waals surface area contributed by atoms with Gasteiger partial charge in [0.1, 0.15) is 6.04 Å². The van der Waals surface area contributed by atoms with E-state index in [4.69, 9.17) is 10.8 Å². The number of nitrogens with one attached hydrogen (secondary N) is 2. The summed E-state index contributed by atoms with van der Waals surface area (Å²) in [6.07, 6.45) is -0.270. The lowest BCUT2D eigenvalue weighted by atomic mass is 10.1. The van der Waals surface area contributed by atoms with E-state index in [0.717, 1.165) is 0 Å². The minimum atomic E-state index is -1.27. The molecule has 108 valence electrons. The summed E-state index contributed by atoms with van der Waals surface area (Å²) in [5.41, 5.74) is 4.87. The zero-order valence-corrected chi connectivity index (χ0v) is 10.5. The molecule has 0 aromatic heterocycles. The molecule has 0 radical (unpaired) electrons. The number of ether oxygens (including phenoxy) is 1. The first-order valence-electron chi connectivity index (χ1n) is 5.49. The third-order valence-electron chi connectivity index (χ3n) is 2.13. The second-order valence-corrected chi connectivity index (χ2v) is 3.62. The number of carboxylic acid groups (broad SMARTS) is 1. The molecule has 0 heterocycles. The predicted molar refractivity (Wildman–Crippen MR) is 63.0 cm³/mol. The number of amides is 3. The third kappa shape index (κ3) is 8.41. The highest BCUT2D eigenvalue weighted by molar-refractivity contribution is 5.83. The molecule has 5 N–H and O–H groups in total. The van der Waals surface area contributed by atoms with E-state index in [1.165, 1.54) is 7.11 Å². The molecule has 0 aromatic rings. The number of carbonyl (C=O) groups excluding carboxylic acids is 3. The number of carbonyl (C=O) groups is 4. The fraction of sp³-hybridized carbons (Fsp3) is 0.600. The summed E-state index contributed by atoms with van der Waals surface area (Å²) in [4.78, 5) is 43.5.